The van der Waals surface area contributed by atoms with Gasteiger partial charge in [0.25, 0.3) is 5.69 Å². The first-order valence-electron chi connectivity index (χ1n) is 7.10. The van der Waals surface area contributed by atoms with E-state index in [-0.39, 0.29) is 17.9 Å². The lowest BCUT2D eigenvalue weighted by Gasteiger charge is -2.04. The van der Waals surface area contributed by atoms with Gasteiger partial charge in [-0.1, -0.05) is 29.8 Å². The number of benzene rings is 2. The smallest absolute Gasteiger partial charge is 0.277 e. The van der Waals surface area contributed by atoms with E-state index in [9.17, 15) is 14.9 Å². The molecule has 0 radical (unpaired) electrons. The topological polar surface area (TPSA) is 83.0 Å². The van der Waals surface area contributed by atoms with Crippen LogP contribution in [0, 0.1) is 17.0 Å². The molecule has 0 amide bonds. The van der Waals surface area contributed by atoms with Gasteiger partial charge in [-0.05, 0) is 30.7 Å². The van der Waals surface area contributed by atoms with Gasteiger partial charge in [0, 0.05) is 11.6 Å². The van der Waals surface area contributed by atoms with E-state index in [1.165, 1.54) is 21.6 Å². The van der Waals surface area contributed by atoms with E-state index in [0.717, 1.165) is 5.56 Å². The fourth-order valence-electron chi connectivity index (χ4n) is 2.45. The largest absolute Gasteiger partial charge is 0.350 e. The third-order valence-corrected chi connectivity index (χ3v) is 3.94. The molecule has 3 rings (SSSR count). The molecule has 0 fully saturated rings. The Labute approximate surface area is 141 Å². The molecule has 122 valence electrons. The van der Waals surface area contributed by atoms with Crippen LogP contribution in [0.25, 0.3) is 5.69 Å². The zero-order valence-corrected chi connectivity index (χ0v) is 13.5. The highest BCUT2D eigenvalue weighted by Gasteiger charge is 2.13. The predicted octanol–water partition coefficient (Wildman–Crippen LogP) is 2.95. The van der Waals surface area contributed by atoms with Crippen molar-refractivity contribution in [3.8, 4) is 5.69 Å². The third kappa shape index (κ3) is 2.93. The monoisotopic (exact) mass is 344 g/mol. The number of rotatable bonds is 4. The van der Waals surface area contributed by atoms with Gasteiger partial charge in [0.15, 0.2) is 0 Å². The molecule has 0 unspecified atom stereocenters. The predicted molar refractivity (Wildman–Crippen MR) is 89.8 cm³/mol. The second kappa shape index (κ2) is 6.29. The molecule has 0 N–H and O–H groups in total. The Hall–Kier alpha value is -2.93. The maximum absolute atomic E-state index is 12.5. The first-order valence-corrected chi connectivity index (χ1v) is 7.48. The summed E-state index contributed by atoms with van der Waals surface area (Å²) >= 11 is 6.10. The standard InChI is InChI=1S/C16H13ClN4O3/c1-11-8-12(6-7-14(11)21(23)24)9-19-10-18-20(16(19)22)15-5-3-2-4-13(15)17/h2-8,10H,9H2,1H3. The Bertz CT molecular complexity index is 977. The molecule has 1 heterocycles. The van der Waals surface area contributed by atoms with Gasteiger partial charge in [-0.25, -0.2) is 4.79 Å². The van der Waals surface area contributed by atoms with Gasteiger partial charge in [-0.15, -0.1) is 0 Å². The minimum atomic E-state index is -0.430. The Morgan fingerprint density at radius 3 is 2.67 bits per heavy atom. The summed E-state index contributed by atoms with van der Waals surface area (Å²) in [6, 6.07) is 11.7. The van der Waals surface area contributed by atoms with Crippen molar-refractivity contribution in [1.82, 2.24) is 14.3 Å². The van der Waals surface area contributed by atoms with E-state index in [1.807, 2.05) is 0 Å². The lowest BCUT2D eigenvalue weighted by atomic mass is 10.1. The van der Waals surface area contributed by atoms with Crippen molar-refractivity contribution in [3.05, 3.63) is 85.5 Å². The number of nitro benzene ring substituents is 1. The maximum atomic E-state index is 12.5. The molecular weight excluding hydrogens is 332 g/mol. The fourth-order valence-corrected chi connectivity index (χ4v) is 2.66. The minimum absolute atomic E-state index is 0.0536. The van der Waals surface area contributed by atoms with Crippen LogP contribution < -0.4 is 5.69 Å². The van der Waals surface area contributed by atoms with E-state index in [2.05, 4.69) is 5.10 Å². The lowest BCUT2D eigenvalue weighted by molar-refractivity contribution is -0.385. The molecule has 1 aromatic heterocycles. The van der Waals surface area contributed by atoms with E-state index in [1.54, 1.807) is 43.3 Å². The van der Waals surface area contributed by atoms with Crippen molar-refractivity contribution in [2.75, 3.05) is 0 Å². The summed E-state index contributed by atoms with van der Waals surface area (Å²) in [6.07, 6.45) is 1.42. The average Bonchev–Trinajstić information content (AvgIpc) is 2.88. The van der Waals surface area contributed by atoms with Crippen molar-refractivity contribution < 1.29 is 4.92 Å². The Balaban J connectivity index is 1.93. The van der Waals surface area contributed by atoms with E-state index < -0.39 is 4.92 Å². The van der Waals surface area contributed by atoms with E-state index in [4.69, 9.17) is 11.6 Å². The second-order valence-corrected chi connectivity index (χ2v) is 5.69. The molecule has 8 heteroatoms. The van der Waals surface area contributed by atoms with Gasteiger partial charge in [-0.2, -0.15) is 9.78 Å². The van der Waals surface area contributed by atoms with Crippen LogP contribution in [0.4, 0.5) is 5.69 Å². The number of aromatic nitrogens is 3. The summed E-state index contributed by atoms with van der Waals surface area (Å²) in [5.41, 5.74) is 1.54. The van der Waals surface area contributed by atoms with Crippen molar-refractivity contribution in [1.29, 1.82) is 0 Å². The second-order valence-electron chi connectivity index (χ2n) is 5.28. The fraction of sp³-hybridized carbons (Fsp3) is 0.125. The van der Waals surface area contributed by atoms with Crippen molar-refractivity contribution in [2.24, 2.45) is 0 Å². The number of aryl methyl sites for hydroxylation is 1. The van der Waals surface area contributed by atoms with Crippen LogP contribution in [0.5, 0.6) is 0 Å². The molecule has 3 aromatic rings. The summed E-state index contributed by atoms with van der Waals surface area (Å²) in [5, 5.41) is 15.4. The number of nitrogens with zero attached hydrogens (tertiary/aromatic N) is 4. The molecule has 0 atom stereocenters. The van der Waals surface area contributed by atoms with Crippen molar-refractivity contribution >= 4 is 17.3 Å². The third-order valence-electron chi connectivity index (χ3n) is 3.62. The highest BCUT2D eigenvalue weighted by molar-refractivity contribution is 6.32. The summed E-state index contributed by atoms with van der Waals surface area (Å²) in [6.45, 7) is 1.93. The quantitative estimate of drug-likeness (QED) is 0.538. The van der Waals surface area contributed by atoms with Gasteiger partial charge in [0.1, 0.15) is 6.33 Å². The van der Waals surface area contributed by atoms with Crippen LogP contribution in [0.3, 0.4) is 0 Å². The molecule has 2 aromatic carbocycles. The van der Waals surface area contributed by atoms with Gasteiger partial charge in [-0.3, -0.25) is 14.7 Å². The van der Waals surface area contributed by atoms with Crippen LogP contribution in [0.1, 0.15) is 11.1 Å². The highest BCUT2D eigenvalue weighted by Crippen LogP contribution is 2.20. The number of nitro groups is 1. The summed E-state index contributed by atoms with van der Waals surface area (Å²) < 4.78 is 2.64. The molecule has 0 aliphatic carbocycles. The maximum Gasteiger partial charge on any atom is 0.350 e. The number of hydrogen-bond donors (Lipinski definition) is 0. The Morgan fingerprint density at radius 1 is 1.25 bits per heavy atom. The first-order chi connectivity index (χ1) is 11.5. The molecule has 0 aliphatic rings. The molecule has 0 aliphatic heterocycles. The highest BCUT2D eigenvalue weighted by atomic mass is 35.5. The molecule has 0 saturated carbocycles. The zero-order chi connectivity index (χ0) is 17.3. The summed E-state index contributed by atoms with van der Waals surface area (Å²) in [4.78, 5) is 22.9. The summed E-state index contributed by atoms with van der Waals surface area (Å²) in [7, 11) is 0. The summed E-state index contributed by atoms with van der Waals surface area (Å²) in [5.74, 6) is 0. The van der Waals surface area contributed by atoms with Gasteiger partial charge < -0.3 is 0 Å². The van der Waals surface area contributed by atoms with Crippen LogP contribution in [0.2, 0.25) is 5.02 Å². The lowest BCUT2D eigenvalue weighted by Crippen LogP contribution is -2.24. The molecule has 7 nitrogen and oxygen atoms in total. The molecule has 0 saturated heterocycles. The first kappa shape index (κ1) is 15.9. The van der Waals surface area contributed by atoms with Gasteiger partial charge in [0.05, 0.1) is 22.2 Å². The molecule has 24 heavy (non-hydrogen) atoms. The van der Waals surface area contributed by atoms with Crippen LogP contribution in [0.15, 0.2) is 53.6 Å². The van der Waals surface area contributed by atoms with Crippen molar-refractivity contribution in [2.45, 2.75) is 13.5 Å². The van der Waals surface area contributed by atoms with Crippen molar-refractivity contribution in [3.63, 3.8) is 0 Å². The van der Waals surface area contributed by atoms with E-state index in [0.29, 0.717) is 16.3 Å². The Morgan fingerprint density at radius 2 is 2.00 bits per heavy atom. The van der Waals surface area contributed by atoms with Crippen LogP contribution in [-0.2, 0) is 6.54 Å². The Kier molecular flexibility index (Phi) is 4.18. The molecular formula is C16H13ClN4O3. The normalized spacial score (nSPS) is 10.8. The van der Waals surface area contributed by atoms with Gasteiger partial charge in [0.2, 0.25) is 0 Å². The average molecular weight is 345 g/mol. The molecule has 0 spiro atoms. The number of para-hydroxylation sites is 1. The minimum Gasteiger partial charge on any atom is -0.277 e. The zero-order valence-electron chi connectivity index (χ0n) is 12.7. The number of halogens is 1. The van der Waals surface area contributed by atoms with Crippen LogP contribution in [-0.4, -0.2) is 19.3 Å². The molecule has 0 bridgehead atoms. The SMILES string of the molecule is Cc1cc(Cn2cnn(-c3ccccc3Cl)c2=O)ccc1[N+](=O)[O-]. The van der Waals surface area contributed by atoms with E-state index >= 15 is 0 Å². The van der Waals surface area contributed by atoms with Gasteiger partial charge >= 0.3 is 5.69 Å². The number of hydrogen-bond acceptors (Lipinski definition) is 4. The van der Waals surface area contributed by atoms with Crippen LogP contribution >= 0.6 is 11.6 Å².